The molecule has 0 unspecified atom stereocenters. The van der Waals surface area contributed by atoms with E-state index in [2.05, 4.69) is 45.8 Å². The number of benzene rings is 3. The van der Waals surface area contributed by atoms with Gasteiger partial charge in [-0.3, -0.25) is 14.7 Å². The fourth-order valence-corrected chi connectivity index (χ4v) is 4.37. The van der Waals surface area contributed by atoms with Gasteiger partial charge < -0.3 is 10.2 Å². The van der Waals surface area contributed by atoms with Crippen LogP contribution in [0.3, 0.4) is 0 Å². The van der Waals surface area contributed by atoms with Crippen molar-refractivity contribution in [1.29, 1.82) is 0 Å². The fraction of sp³-hybridized carbons (Fsp3) is 0.222. The van der Waals surface area contributed by atoms with E-state index in [1.165, 1.54) is 10.8 Å². The zero-order chi connectivity index (χ0) is 22.6. The number of H-pyrrole nitrogens is 1. The van der Waals surface area contributed by atoms with Crippen LogP contribution in [0.4, 0.5) is 0 Å². The SMILES string of the molecule is O=C(NCCCN1CCCC1=O)c1ccc(-c2cc(-c3cccc4ccccc34)[nH]n2)cc1. The van der Waals surface area contributed by atoms with Crippen LogP contribution in [-0.2, 0) is 4.79 Å². The summed E-state index contributed by atoms with van der Waals surface area (Å²) in [5.41, 5.74) is 4.46. The maximum atomic E-state index is 12.5. The number of nitrogens with zero attached hydrogens (tertiary/aromatic N) is 2. The molecule has 0 aliphatic carbocycles. The van der Waals surface area contributed by atoms with Gasteiger partial charge in [0.05, 0.1) is 11.4 Å². The van der Waals surface area contributed by atoms with E-state index in [4.69, 9.17) is 0 Å². The third-order valence-electron chi connectivity index (χ3n) is 6.16. The molecular weight excluding hydrogens is 412 g/mol. The molecule has 6 nitrogen and oxygen atoms in total. The van der Waals surface area contributed by atoms with E-state index >= 15 is 0 Å². The number of carbonyl (C=O) groups is 2. The van der Waals surface area contributed by atoms with Crippen molar-refractivity contribution >= 4 is 22.6 Å². The van der Waals surface area contributed by atoms with Gasteiger partial charge in [0.15, 0.2) is 0 Å². The number of rotatable bonds is 7. The predicted molar refractivity (Wildman–Crippen MR) is 130 cm³/mol. The van der Waals surface area contributed by atoms with Gasteiger partial charge in [0.25, 0.3) is 5.91 Å². The minimum Gasteiger partial charge on any atom is -0.352 e. The number of fused-ring (bicyclic) bond motifs is 1. The Hall–Kier alpha value is -3.93. The minimum absolute atomic E-state index is 0.104. The molecule has 2 heterocycles. The molecule has 1 aliphatic heterocycles. The largest absolute Gasteiger partial charge is 0.352 e. The molecule has 0 bridgehead atoms. The molecule has 4 aromatic rings. The first-order chi connectivity index (χ1) is 16.2. The van der Waals surface area contributed by atoms with Crippen molar-refractivity contribution in [3.8, 4) is 22.5 Å². The molecule has 166 valence electrons. The molecule has 1 saturated heterocycles. The lowest BCUT2D eigenvalue weighted by atomic mass is 10.0. The summed E-state index contributed by atoms with van der Waals surface area (Å²) in [6, 6.07) is 24.1. The number of nitrogens with one attached hydrogen (secondary N) is 2. The van der Waals surface area contributed by atoms with Crippen molar-refractivity contribution in [3.05, 3.63) is 78.4 Å². The first-order valence-electron chi connectivity index (χ1n) is 11.4. The van der Waals surface area contributed by atoms with Crippen molar-refractivity contribution in [3.63, 3.8) is 0 Å². The topological polar surface area (TPSA) is 78.1 Å². The van der Waals surface area contributed by atoms with Crippen molar-refractivity contribution in [2.45, 2.75) is 19.3 Å². The number of amides is 2. The Labute approximate surface area is 192 Å². The third kappa shape index (κ3) is 4.51. The normalized spacial score (nSPS) is 13.6. The van der Waals surface area contributed by atoms with Crippen LogP contribution < -0.4 is 5.32 Å². The summed E-state index contributed by atoms with van der Waals surface area (Å²) in [7, 11) is 0. The Balaban J connectivity index is 1.22. The number of aromatic amines is 1. The Morgan fingerprint density at radius 2 is 1.85 bits per heavy atom. The van der Waals surface area contributed by atoms with Crippen LogP contribution >= 0.6 is 0 Å². The highest BCUT2D eigenvalue weighted by atomic mass is 16.2. The molecule has 1 aromatic heterocycles. The van der Waals surface area contributed by atoms with Crippen LogP contribution in [0.1, 0.15) is 29.6 Å². The second-order valence-corrected chi connectivity index (χ2v) is 8.36. The van der Waals surface area contributed by atoms with E-state index in [0.29, 0.717) is 25.1 Å². The monoisotopic (exact) mass is 438 g/mol. The molecule has 0 saturated carbocycles. The van der Waals surface area contributed by atoms with E-state index in [1.54, 1.807) is 0 Å². The molecule has 0 spiro atoms. The van der Waals surface area contributed by atoms with Gasteiger partial charge in [-0.2, -0.15) is 5.10 Å². The summed E-state index contributed by atoms with van der Waals surface area (Å²) >= 11 is 0. The minimum atomic E-state index is -0.104. The summed E-state index contributed by atoms with van der Waals surface area (Å²) < 4.78 is 0. The molecule has 1 fully saturated rings. The van der Waals surface area contributed by atoms with Crippen LogP contribution in [0.2, 0.25) is 0 Å². The Bertz CT molecular complexity index is 1290. The standard InChI is InChI=1S/C27H26N4O2/c32-26-10-4-16-31(26)17-5-15-28-27(33)21-13-11-20(12-14-21)24-18-25(30-29-24)23-9-3-7-19-6-1-2-8-22(19)23/h1-3,6-9,11-14,18H,4-5,10,15-17H2,(H,28,33)(H,29,30). The Kier molecular flexibility index (Phi) is 5.89. The zero-order valence-corrected chi connectivity index (χ0v) is 18.4. The number of aromatic nitrogens is 2. The van der Waals surface area contributed by atoms with E-state index in [9.17, 15) is 9.59 Å². The fourth-order valence-electron chi connectivity index (χ4n) is 4.37. The first-order valence-corrected chi connectivity index (χ1v) is 11.4. The van der Waals surface area contributed by atoms with Crippen molar-refractivity contribution < 1.29 is 9.59 Å². The summed E-state index contributed by atoms with van der Waals surface area (Å²) in [5, 5.41) is 13.0. The van der Waals surface area contributed by atoms with Gasteiger partial charge in [0, 0.05) is 42.7 Å². The molecular formula is C27H26N4O2. The second-order valence-electron chi connectivity index (χ2n) is 8.36. The molecule has 33 heavy (non-hydrogen) atoms. The van der Waals surface area contributed by atoms with Crippen LogP contribution in [0.15, 0.2) is 72.8 Å². The summed E-state index contributed by atoms with van der Waals surface area (Å²) in [6.07, 6.45) is 2.36. The van der Waals surface area contributed by atoms with Crippen molar-refractivity contribution in [2.24, 2.45) is 0 Å². The van der Waals surface area contributed by atoms with Crippen LogP contribution in [-0.4, -0.2) is 46.5 Å². The van der Waals surface area contributed by atoms with Gasteiger partial charge in [0.1, 0.15) is 0 Å². The van der Waals surface area contributed by atoms with Gasteiger partial charge in [0.2, 0.25) is 5.91 Å². The smallest absolute Gasteiger partial charge is 0.251 e. The van der Waals surface area contributed by atoms with Crippen LogP contribution in [0, 0.1) is 0 Å². The van der Waals surface area contributed by atoms with Gasteiger partial charge in [-0.05, 0) is 41.8 Å². The number of hydrogen-bond acceptors (Lipinski definition) is 3. The molecule has 0 radical (unpaired) electrons. The summed E-state index contributed by atoms with van der Waals surface area (Å²) in [4.78, 5) is 26.0. The van der Waals surface area contributed by atoms with Crippen molar-refractivity contribution in [2.75, 3.05) is 19.6 Å². The first kappa shape index (κ1) is 20.9. The highest BCUT2D eigenvalue weighted by molar-refractivity contribution is 5.96. The van der Waals surface area contributed by atoms with E-state index in [1.807, 2.05) is 47.4 Å². The van der Waals surface area contributed by atoms with Crippen LogP contribution in [0.5, 0.6) is 0 Å². The highest BCUT2D eigenvalue weighted by Crippen LogP contribution is 2.29. The summed E-state index contributed by atoms with van der Waals surface area (Å²) in [6.45, 7) is 2.10. The lowest BCUT2D eigenvalue weighted by molar-refractivity contribution is -0.127. The number of likely N-dealkylation sites (tertiary alicyclic amines) is 1. The average molecular weight is 439 g/mol. The van der Waals surface area contributed by atoms with Gasteiger partial charge in [-0.1, -0.05) is 54.6 Å². The van der Waals surface area contributed by atoms with E-state index in [0.717, 1.165) is 41.9 Å². The maximum absolute atomic E-state index is 12.5. The Morgan fingerprint density at radius 1 is 1.03 bits per heavy atom. The van der Waals surface area contributed by atoms with Crippen LogP contribution in [0.25, 0.3) is 33.3 Å². The molecule has 6 heteroatoms. The van der Waals surface area contributed by atoms with Gasteiger partial charge in [-0.15, -0.1) is 0 Å². The second kappa shape index (κ2) is 9.28. The lowest BCUT2D eigenvalue weighted by Crippen LogP contribution is -2.30. The molecule has 2 amide bonds. The van der Waals surface area contributed by atoms with E-state index in [-0.39, 0.29) is 11.8 Å². The summed E-state index contributed by atoms with van der Waals surface area (Å²) in [5.74, 6) is 0.117. The van der Waals surface area contributed by atoms with E-state index < -0.39 is 0 Å². The molecule has 1 aliphatic rings. The third-order valence-corrected chi connectivity index (χ3v) is 6.16. The average Bonchev–Trinajstić information content (AvgIpc) is 3.51. The van der Waals surface area contributed by atoms with Gasteiger partial charge >= 0.3 is 0 Å². The lowest BCUT2D eigenvalue weighted by Gasteiger charge is -2.15. The molecule has 5 rings (SSSR count). The Morgan fingerprint density at radius 3 is 2.67 bits per heavy atom. The van der Waals surface area contributed by atoms with Gasteiger partial charge in [-0.25, -0.2) is 0 Å². The zero-order valence-electron chi connectivity index (χ0n) is 18.4. The van der Waals surface area contributed by atoms with Crippen molar-refractivity contribution in [1.82, 2.24) is 20.4 Å². The number of hydrogen-bond donors (Lipinski definition) is 2. The molecule has 0 atom stereocenters. The molecule has 2 N–H and O–H groups in total. The predicted octanol–water partition coefficient (Wildman–Crippen LogP) is 4.64. The maximum Gasteiger partial charge on any atom is 0.251 e. The highest BCUT2D eigenvalue weighted by Gasteiger charge is 2.19. The quantitative estimate of drug-likeness (QED) is 0.413. The number of carbonyl (C=O) groups excluding carboxylic acids is 2. The molecule has 3 aromatic carbocycles.